The van der Waals surface area contributed by atoms with Crippen LogP contribution < -0.4 is 0 Å². The molecular weight excluding hydrogens is 244 g/mol. The third-order valence-corrected chi connectivity index (χ3v) is 3.09. The first kappa shape index (κ1) is 13.3. The second kappa shape index (κ2) is 5.65. The second-order valence-corrected chi connectivity index (χ2v) is 4.70. The van der Waals surface area contributed by atoms with Crippen molar-refractivity contribution >= 4 is 17.6 Å². The topological polar surface area (TPSA) is 57.7 Å². The van der Waals surface area contributed by atoms with Crippen LogP contribution in [0, 0.1) is 0 Å². The number of carbonyl (C=O) groups is 3. The fourth-order valence-electron chi connectivity index (χ4n) is 2.00. The minimum atomic E-state index is -0.177. The first-order valence-electron chi connectivity index (χ1n) is 6.13. The van der Waals surface area contributed by atoms with E-state index in [-0.39, 0.29) is 43.7 Å². The Morgan fingerprint density at radius 1 is 1.11 bits per heavy atom. The first-order chi connectivity index (χ1) is 9.06. The number of Topliss-reactive ketones (excluding diaryl/α,β-unsaturated/α-hetero) is 1. The molecule has 0 N–H and O–H groups in total. The van der Waals surface area contributed by atoms with E-state index in [1.807, 2.05) is 30.3 Å². The Labute approximate surface area is 111 Å². The van der Waals surface area contributed by atoms with E-state index >= 15 is 0 Å². The molecule has 1 aromatic carbocycles. The summed E-state index contributed by atoms with van der Waals surface area (Å²) in [6.07, 6.45) is 0.286. The quantitative estimate of drug-likeness (QED) is 0.771. The molecule has 0 aromatic heterocycles. The zero-order valence-electron chi connectivity index (χ0n) is 10.8. The number of likely N-dealkylation sites (N-methyl/N-ethyl adjacent to an activating group) is 1. The normalized spacial score (nSPS) is 15.8. The number of carbonyl (C=O) groups excluding carboxylic acids is 3. The summed E-state index contributed by atoms with van der Waals surface area (Å²) in [7, 11) is 1.59. The van der Waals surface area contributed by atoms with Gasteiger partial charge in [-0.05, 0) is 5.56 Å². The summed E-state index contributed by atoms with van der Waals surface area (Å²) in [4.78, 5) is 37.8. The van der Waals surface area contributed by atoms with Gasteiger partial charge in [0.15, 0.2) is 5.78 Å². The van der Waals surface area contributed by atoms with Gasteiger partial charge in [0.05, 0.1) is 13.1 Å². The third-order valence-electron chi connectivity index (χ3n) is 3.09. The molecule has 2 rings (SSSR count). The van der Waals surface area contributed by atoms with Gasteiger partial charge in [-0.1, -0.05) is 30.3 Å². The van der Waals surface area contributed by atoms with E-state index in [1.54, 1.807) is 7.05 Å². The lowest BCUT2D eigenvalue weighted by Gasteiger charge is -2.31. The highest BCUT2D eigenvalue weighted by molar-refractivity contribution is 5.95. The van der Waals surface area contributed by atoms with Gasteiger partial charge in [-0.2, -0.15) is 0 Å². The van der Waals surface area contributed by atoms with Crippen LogP contribution in [-0.2, 0) is 20.8 Å². The smallest absolute Gasteiger partial charge is 0.243 e. The number of nitrogens with zero attached hydrogens (tertiary/aromatic N) is 2. The van der Waals surface area contributed by atoms with Crippen LogP contribution in [-0.4, -0.2) is 54.1 Å². The van der Waals surface area contributed by atoms with Crippen LogP contribution in [0.2, 0.25) is 0 Å². The molecule has 0 radical (unpaired) electrons. The van der Waals surface area contributed by atoms with E-state index in [4.69, 9.17) is 0 Å². The number of hydrogen-bond donors (Lipinski definition) is 0. The lowest BCUT2D eigenvalue weighted by molar-refractivity contribution is -0.150. The summed E-state index contributed by atoms with van der Waals surface area (Å²) < 4.78 is 0. The molecule has 0 spiro atoms. The van der Waals surface area contributed by atoms with Crippen LogP contribution >= 0.6 is 0 Å². The Morgan fingerprint density at radius 2 is 1.79 bits per heavy atom. The van der Waals surface area contributed by atoms with Crippen molar-refractivity contribution in [3.63, 3.8) is 0 Å². The summed E-state index contributed by atoms with van der Waals surface area (Å²) >= 11 is 0. The van der Waals surface area contributed by atoms with Crippen LogP contribution in [0.15, 0.2) is 30.3 Å². The standard InChI is InChI=1S/C14H16N2O3/c1-15-9-14(19)16(10-13(15)18)8-12(17)7-11-5-3-2-4-6-11/h2-6H,7-10H2,1H3. The predicted octanol–water partition coefficient (Wildman–Crippen LogP) is 0.0988. The average molecular weight is 260 g/mol. The van der Waals surface area contributed by atoms with Gasteiger partial charge in [-0.3, -0.25) is 14.4 Å². The van der Waals surface area contributed by atoms with Gasteiger partial charge in [-0.15, -0.1) is 0 Å². The number of hydrogen-bond acceptors (Lipinski definition) is 3. The van der Waals surface area contributed by atoms with Gasteiger partial charge in [0.2, 0.25) is 11.8 Å². The molecule has 5 nitrogen and oxygen atoms in total. The minimum absolute atomic E-state index is 0.00410. The summed E-state index contributed by atoms with van der Waals surface area (Å²) in [5, 5.41) is 0. The maximum Gasteiger partial charge on any atom is 0.243 e. The molecule has 2 amide bonds. The molecule has 0 saturated carbocycles. The van der Waals surface area contributed by atoms with Crippen LogP contribution in [0.1, 0.15) is 5.56 Å². The molecule has 5 heteroatoms. The van der Waals surface area contributed by atoms with Gasteiger partial charge in [0, 0.05) is 13.5 Å². The molecule has 0 unspecified atom stereocenters. The Bertz CT molecular complexity index is 499. The van der Waals surface area contributed by atoms with E-state index in [0.717, 1.165) is 5.56 Å². The maximum atomic E-state index is 11.9. The van der Waals surface area contributed by atoms with Crippen molar-refractivity contribution in [3.05, 3.63) is 35.9 Å². The lowest BCUT2D eigenvalue weighted by Crippen LogP contribution is -2.53. The Hall–Kier alpha value is -2.17. The Balaban J connectivity index is 1.92. The zero-order valence-corrected chi connectivity index (χ0v) is 10.8. The first-order valence-corrected chi connectivity index (χ1v) is 6.13. The molecule has 100 valence electrons. The highest BCUT2D eigenvalue weighted by atomic mass is 16.2. The van der Waals surface area contributed by atoms with Crippen LogP contribution in [0.25, 0.3) is 0 Å². The summed E-state index contributed by atoms with van der Waals surface area (Å²) in [5.74, 6) is -0.368. The highest BCUT2D eigenvalue weighted by Gasteiger charge is 2.28. The number of piperazine rings is 1. The Morgan fingerprint density at radius 3 is 2.47 bits per heavy atom. The summed E-state index contributed by atoms with van der Waals surface area (Å²) in [5.41, 5.74) is 0.917. The molecule has 19 heavy (non-hydrogen) atoms. The van der Waals surface area contributed by atoms with E-state index in [2.05, 4.69) is 0 Å². The second-order valence-electron chi connectivity index (χ2n) is 4.70. The molecule has 0 aliphatic carbocycles. The van der Waals surface area contributed by atoms with E-state index in [0.29, 0.717) is 0 Å². The zero-order chi connectivity index (χ0) is 13.8. The molecule has 1 fully saturated rings. The van der Waals surface area contributed by atoms with Crippen molar-refractivity contribution in [2.24, 2.45) is 0 Å². The van der Waals surface area contributed by atoms with Crippen molar-refractivity contribution < 1.29 is 14.4 Å². The number of ketones is 1. The van der Waals surface area contributed by atoms with Crippen molar-refractivity contribution in [1.82, 2.24) is 9.80 Å². The predicted molar refractivity (Wildman–Crippen MR) is 69.4 cm³/mol. The van der Waals surface area contributed by atoms with Crippen molar-refractivity contribution in [2.75, 3.05) is 26.7 Å². The van der Waals surface area contributed by atoms with Crippen LogP contribution in [0.4, 0.5) is 0 Å². The highest BCUT2D eigenvalue weighted by Crippen LogP contribution is 2.05. The van der Waals surface area contributed by atoms with Gasteiger partial charge in [0.1, 0.15) is 6.54 Å². The van der Waals surface area contributed by atoms with Crippen molar-refractivity contribution in [3.8, 4) is 0 Å². The van der Waals surface area contributed by atoms with E-state index in [9.17, 15) is 14.4 Å². The SMILES string of the molecule is CN1CC(=O)N(CC(=O)Cc2ccccc2)CC1=O. The molecular formula is C14H16N2O3. The van der Waals surface area contributed by atoms with Crippen molar-refractivity contribution in [2.45, 2.75) is 6.42 Å². The molecule has 1 aliphatic heterocycles. The van der Waals surface area contributed by atoms with Crippen LogP contribution in [0.5, 0.6) is 0 Å². The number of amides is 2. The van der Waals surface area contributed by atoms with Gasteiger partial charge in [0.25, 0.3) is 0 Å². The fraction of sp³-hybridized carbons (Fsp3) is 0.357. The monoisotopic (exact) mass is 260 g/mol. The summed E-state index contributed by atoms with van der Waals surface area (Å²) in [6.45, 7) is 0.0562. The average Bonchev–Trinajstić information content (AvgIpc) is 2.37. The molecule has 0 bridgehead atoms. The van der Waals surface area contributed by atoms with Gasteiger partial charge < -0.3 is 9.80 Å². The van der Waals surface area contributed by atoms with E-state index in [1.165, 1.54) is 9.80 Å². The van der Waals surface area contributed by atoms with Crippen LogP contribution in [0.3, 0.4) is 0 Å². The van der Waals surface area contributed by atoms with Gasteiger partial charge in [-0.25, -0.2) is 0 Å². The van der Waals surface area contributed by atoms with Gasteiger partial charge >= 0.3 is 0 Å². The Kier molecular flexibility index (Phi) is 3.94. The number of rotatable bonds is 4. The molecule has 0 atom stereocenters. The molecule has 1 aliphatic rings. The third kappa shape index (κ3) is 3.40. The van der Waals surface area contributed by atoms with E-state index < -0.39 is 0 Å². The number of benzene rings is 1. The molecule has 1 saturated heterocycles. The summed E-state index contributed by atoms with van der Waals surface area (Å²) in [6, 6.07) is 9.36. The molecule has 1 heterocycles. The molecule has 1 aromatic rings. The minimum Gasteiger partial charge on any atom is -0.335 e. The fourth-order valence-corrected chi connectivity index (χ4v) is 2.00. The van der Waals surface area contributed by atoms with Crippen molar-refractivity contribution in [1.29, 1.82) is 0 Å². The maximum absolute atomic E-state index is 11.9. The largest absolute Gasteiger partial charge is 0.335 e. The lowest BCUT2D eigenvalue weighted by atomic mass is 10.1.